The van der Waals surface area contributed by atoms with Crippen LogP contribution in [0.5, 0.6) is 0 Å². The van der Waals surface area contributed by atoms with Crippen LogP contribution >= 0.6 is 0 Å². The van der Waals surface area contributed by atoms with E-state index in [1.54, 1.807) is 4.90 Å². The first-order valence-electron chi connectivity index (χ1n) is 6.53. The zero-order valence-corrected chi connectivity index (χ0v) is 11.7. The Kier molecular flexibility index (Phi) is 4.99. The van der Waals surface area contributed by atoms with Crippen LogP contribution in [0.2, 0.25) is 0 Å². The van der Waals surface area contributed by atoms with Gasteiger partial charge in [0.1, 0.15) is 5.60 Å². The molecule has 2 N–H and O–H groups in total. The molecule has 106 valence electrons. The largest absolute Gasteiger partial charge is 0.444 e. The molecule has 0 radical (unpaired) electrons. The van der Waals surface area contributed by atoms with Crippen molar-refractivity contribution in [1.29, 1.82) is 0 Å². The Hall–Kier alpha value is -0.810. The number of aliphatic hydroxyl groups is 2. The summed E-state index contributed by atoms with van der Waals surface area (Å²) in [5.74, 6) is 0.440. The number of likely N-dealkylation sites (tertiary alicyclic amines) is 1. The molecular formula is C13H25NO4. The minimum absolute atomic E-state index is 0.337. The van der Waals surface area contributed by atoms with Gasteiger partial charge in [0.05, 0.1) is 18.8 Å². The summed E-state index contributed by atoms with van der Waals surface area (Å²) in [4.78, 5) is 13.6. The van der Waals surface area contributed by atoms with Crippen LogP contribution in [-0.4, -0.2) is 52.1 Å². The minimum atomic E-state index is -0.903. The topological polar surface area (TPSA) is 70.0 Å². The highest BCUT2D eigenvalue weighted by Gasteiger charge is 2.36. The Balaban J connectivity index is 2.74. The SMILES string of the molecule is C[C@@H]1CCN(C(=O)OC(C)(C)C)[C@@H](C(O)CO)C1. The summed E-state index contributed by atoms with van der Waals surface area (Å²) < 4.78 is 5.33. The van der Waals surface area contributed by atoms with Gasteiger partial charge in [-0.25, -0.2) is 4.79 Å². The number of aliphatic hydroxyl groups excluding tert-OH is 2. The van der Waals surface area contributed by atoms with Crippen molar-refractivity contribution in [2.24, 2.45) is 5.92 Å². The van der Waals surface area contributed by atoms with Gasteiger partial charge < -0.3 is 19.8 Å². The second-order valence-corrected chi connectivity index (χ2v) is 6.12. The number of carbonyl (C=O) groups is 1. The number of amides is 1. The van der Waals surface area contributed by atoms with E-state index in [1.165, 1.54) is 0 Å². The molecule has 0 aromatic carbocycles. The highest BCUT2D eigenvalue weighted by molar-refractivity contribution is 5.68. The van der Waals surface area contributed by atoms with Gasteiger partial charge in [-0.1, -0.05) is 6.92 Å². The van der Waals surface area contributed by atoms with E-state index >= 15 is 0 Å². The Morgan fingerprint density at radius 3 is 2.61 bits per heavy atom. The molecular weight excluding hydrogens is 234 g/mol. The van der Waals surface area contributed by atoms with Crippen molar-refractivity contribution in [2.45, 2.75) is 58.3 Å². The maximum atomic E-state index is 12.1. The quantitative estimate of drug-likeness (QED) is 0.786. The summed E-state index contributed by atoms with van der Waals surface area (Å²) in [5.41, 5.74) is -0.547. The molecule has 1 unspecified atom stereocenters. The number of piperidine rings is 1. The maximum absolute atomic E-state index is 12.1. The molecule has 0 aliphatic carbocycles. The van der Waals surface area contributed by atoms with E-state index in [0.29, 0.717) is 18.9 Å². The van der Waals surface area contributed by atoms with Gasteiger partial charge in [0.2, 0.25) is 0 Å². The van der Waals surface area contributed by atoms with Crippen molar-refractivity contribution in [3.05, 3.63) is 0 Å². The fraction of sp³-hybridized carbons (Fsp3) is 0.923. The summed E-state index contributed by atoms with van der Waals surface area (Å²) in [6, 6.07) is -0.353. The van der Waals surface area contributed by atoms with Gasteiger partial charge in [-0.3, -0.25) is 0 Å². The molecule has 0 aromatic heterocycles. The summed E-state index contributed by atoms with van der Waals surface area (Å²) in [6.07, 6.45) is 0.279. The third-order valence-corrected chi connectivity index (χ3v) is 3.17. The van der Waals surface area contributed by atoms with Gasteiger partial charge in [0.25, 0.3) is 0 Å². The van der Waals surface area contributed by atoms with Crippen molar-refractivity contribution in [1.82, 2.24) is 4.90 Å². The van der Waals surface area contributed by atoms with E-state index in [-0.39, 0.29) is 12.6 Å². The Morgan fingerprint density at radius 1 is 1.50 bits per heavy atom. The predicted molar refractivity (Wildman–Crippen MR) is 68.2 cm³/mol. The summed E-state index contributed by atoms with van der Waals surface area (Å²) >= 11 is 0. The summed E-state index contributed by atoms with van der Waals surface area (Å²) in [6.45, 7) is 7.76. The zero-order valence-electron chi connectivity index (χ0n) is 11.7. The molecule has 1 fully saturated rings. The second-order valence-electron chi connectivity index (χ2n) is 6.12. The van der Waals surface area contributed by atoms with E-state index in [2.05, 4.69) is 6.92 Å². The third-order valence-electron chi connectivity index (χ3n) is 3.17. The molecule has 18 heavy (non-hydrogen) atoms. The van der Waals surface area contributed by atoms with Gasteiger partial charge in [-0.15, -0.1) is 0 Å². The van der Waals surface area contributed by atoms with Gasteiger partial charge >= 0.3 is 6.09 Å². The molecule has 0 bridgehead atoms. The van der Waals surface area contributed by atoms with E-state index in [4.69, 9.17) is 9.84 Å². The molecule has 1 heterocycles. The average Bonchev–Trinajstić information content (AvgIpc) is 2.25. The Labute approximate surface area is 109 Å². The lowest BCUT2D eigenvalue weighted by Gasteiger charge is -2.40. The molecule has 5 nitrogen and oxygen atoms in total. The molecule has 1 amide bonds. The molecule has 0 saturated carbocycles. The van der Waals surface area contributed by atoms with Crippen molar-refractivity contribution in [3.63, 3.8) is 0 Å². The fourth-order valence-electron chi connectivity index (χ4n) is 2.22. The van der Waals surface area contributed by atoms with Crippen LogP contribution in [-0.2, 0) is 4.74 Å². The Morgan fingerprint density at radius 2 is 2.11 bits per heavy atom. The first-order chi connectivity index (χ1) is 8.24. The van der Waals surface area contributed by atoms with Crippen LogP contribution in [0.15, 0.2) is 0 Å². The lowest BCUT2D eigenvalue weighted by Crippen LogP contribution is -2.53. The predicted octanol–water partition coefficient (Wildman–Crippen LogP) is 1.38. The number of carbonyl (C=O) groups excluding carboxylic acids is 1. The van der Waals surface area contributed by atoms with Crippen molar-refractivity contribution < 1.29 is 19.7 Å². The lowest BCUT2D eigenvalue weighted by molar-refractivity contribution is -0.0359. The van der Waals surface area contributed by atoms with Crippen LogP contribution in [0.3, 0.4) is 0 Å². The molecule has 0 spiro atoms. The van der Waals surface area contributed by atoms with E-state index in [9.17, 15) is 9.90 Å². The number of hydrogen-bond acceptors (Lipinski definition) is 4. The van der Waals surface area contributed by atoms with Crippen LogP contribution in [0.1, 0.15) is 40.5 Å². The first kappa shape index (κ1) is 15.2. The first-order valence-corrected chi connectivity index (χ1v) is 6.53. The molecule has 1 saturated heterocycles. The van der Waals surface area contributed by atoms with E-state index in [1.807, 2.05) is 20.8 Å². The lowest BCUT2D eigenvalue weighted by atomic mass is 9.90. The Bertz CT molecular complexity index is 287. The molecule has 1 rings (SSSR count). The molecule has 1 aliphatic heterocycles. The number of ether oxygens (including phenoxy) is 1. The highest BCUT2D eigenvalue weighted by atomic mass is 16.6. The number of nitrogens with zero attached hydrogens (tertiary/aromatic N) is 1. The van der Waals surface area contributed by atoms with Crippen LogP contribution in [0.4, 0.5) is 4.79 Å². The fourth-order valence-corrected chi connectivity index (χ4v) is 2.22. The van der Waals surface area contributed by atoms with Crippen molar-refractivity contribution in [3.8, 4) is 0 Å². The van der Waals surface area contributed by atoms with Gasteiger partial charge in [-0.05, 0) is 39.5 Å². The second kappa shape index (κ2) is 5.89. The molecule has 5 heteroatoms. The average molecular weight is 259 g/mol. The maximum Gasteiger partial charge on any atom is 0.410 e. The van der Waals surface area contributed by atoms with Gasteiger partial charge in [-0.2, -0.15) is 0 Å². The smallest absolute Gasteiger partial charge is 0.410 e. The van der Waals surface area contributed by atoms with Crippen LogP contribution in [0.25, 0.3) is 0 Å². The standard InChI is InChI=1S/C13H25NO4/c1-9-5-6-14(10(7-9)11(16)8-15)12(17)18-13(2,3)4/h9-11,15-16H,5-8H2,1-4H3/t9-,10-,11?/m1/s1. The normalized spacial score (nSPS) is 26.9. The van der Waals surface area contributed by atoms with Crippen molar-refractivity contribution >= 4 is 6.09 Å². The summed E-state index contributed by atoms with van der Waals surface area (Å²) in [5, 5.41) is 18.9. The monoisotopic (exact) mass is 259 g/mol. The molecule has 0 aromatic rings. The number of hydrogen-bond donors (Lipinski definition) is 2. The zero-order chi connectivity index (χ0) is 13.9. The molecule has 1 aliphatic rings. The summed E-state index contributed by atoms with van der Waals surface area (Å²) in [7, 11) is 0. The van der Waals surface area contributed by atoms with Gasteiger partial charge in [0, 0.05) is 6.54 Å². The third kappa shape index (κ3) is 4.14. The molecule has 3 atom stereocenters. The van der Waals surface area contributed by atoms with Crippen molar-refractivity contribution in [2.75, 3.05) is 13.2 Å². The van der Waals surface area contributed by atoms with Crippen LogP contribution in [0, 0.1) is 5.92 Å². The number of rotatable bonds is 2. The van der Waals surface area contributed by atoms with E-state index in [0.717, 1.165) is 6.42 Å². The van der Waals surface area contributed by atoms with Crippen LogP contribution < -0.4 is 0 Å². The minimum Gasteiger partial charge on any atom is -0.444 e. The highest BCUT2D eigenvalue weighted by Crippen LogP contribution is 2.26. The van der Waals surface area contributed by atoms with E-state index < -0.39 is 17.8 Å². The van der Waals surface area contributed by atoms with Gasteiger partial charge in [0.15, 0.2) is 0 Å².